The number of thioether (sulfide) groups is 1. The Morgan fingerprint density at radius 2 is 1.72 bits per heavy atom. The maximum absolute atomic E-state index is 12.2. The molecule has 1 atom stereocenters. The van der Waals surface area contributed by atoms with E-state index in [1.807, 2.05) is 79.2 Å². The van der Waals surface area contributed by atoms with Crippen LogP contribution in [-0.2, 0) is 11.8 Å². The lowest BCUT2D eigenvalue weighted by Gasteiger charge is -2.13. The summed E-state index contributed by atoms with van der Waals surface area (Å²) in [5, 5.41) is 12.2. The fourth-order valence-electron chi connectivity index (χ4n) is 2.52. The van der Waals surface area contributed by atoms with Crippen LogP contribution < -0.4 is 5.32 Å². The van der Waals surface area contributed by atoms with Gasteiger partial charge in [0.25, 0.3) is 0 Å². The molecule has 0 bridgehead atoms. The summed E-state index contributed by atoms with van der Waals surface area (Å²) >= 11 is 1.39. The van der Waals surface area contributed by atoms with Crippen LogP contribution in [0.4, 0.5) is 0 Å². The molecule has 0 aliphatic rings. The van der Waals surface area contributed by atoms with Crippen molar-refractivity contribution in [2.24, 2.45) is 7.05 Å². The molecule has 128 valence electrons. The summed E-state index contributed by atoms with van der Waals surface area (Å²) in [6.07, 6.45) is 0. The number of rotatable bonds is 6. The molecule has 0 aliphatic heterocycles. The molecule has 5 nitrogen and oxygen atoms in total. The lowest BCUT2D eigenvalue weighted by Crippen LogP contribution is -2.28. The largest absolute Gasteiger partial charge is 0.349 e. The molecule has 0 saturated carbocycles. The van der Waals surface area contributed by atoms with Gasteiger partial charge in [-0.15, -0.1) is 10.2 Å². The minimum Gasteiger partial charge on any atom is -0.349 e. The van der Waals surface area contributed by atoms with Crippen molar-refractivity contribution in [2.45, 2.75) is 18.1 Å². The standard InChI is InChI=1S/C19H20N4OS/c1-14(15-9-5-3-6-10-15)20-17(24)13-25-19-22-21-18(23(19)2)16-11-7-4-8-12-16/h3-12,14H,13H2,1-2H3,(H,20,24)/t14-/m0/s1. The van der Waals surface area contributed by atoms with E-state index in [1.54, 1.807) is 0 Å². The topological polar surface area (TPSA) is 59.8 Å². The molecule has 2 aromatic carbocycles. The molecule has 0 fully saturated rings. The van der Waals surface area contributed by atoms with Gasteiger partial charge in [-0.05, 0) is 12.5 Å². The van der Waals surface area contributed by atoms with E-state index in [9.17, 15) is 4.79 Å². The lowest BCUT2D eigenvalue weighted by atomic mass is 10.1. The van der Waals surface area contributed by atoms with E-state index in [2.05, 4.69) is 15.5 Å². The summed E-state index contributed by atoms with van der Waals surface area (Å²) < 4.78 is 1.91. The van der Waals surface area contributed by atoms with E-state index >= 15 is 0 Å². The zero-order valence-corrected chi connectivity index (χ0v) is 15.0. The number of hydrogen-bond acceptors (Lipinski definition) is 4. The quantitative estimate of drug-likeness (QED) is 0.690. The van der Waals surface area contributed by atoms with Crippen molar-refractivity contribution >= 4 is 17.7 Å². The highest BCUT2D eigenvalue weighted by Gasteiger charge is 2.14. The Balaban J connectivity index is 1.59. The molecule has 0 saturated heterocycles. The number of benzene rings is 2. The monoisotopic (exact) mass is 352 g/mol. The SMILES string of the molecule is C[C@H](NC(=O)CSc1nnc(-c2ccccc2)n1C)c1ccccc1. The summed E-state index contributed by atoms with van der Waals surface area (Å²) in [5.74, 6) is 1.07. The van der Waals surface area contributed by atoms with Crippen LogP contribution in [0.2, 0.25) is 0 Å². The summed E-state index contributed by atoms with van der Waals surface area (Å²) in [7, 11) is 1.91. The van der Waals surface area contributed by atoms with Gasteiger partial charge in [-0.1, -0.05) is 72.4 Å². The van der Waals surface area contributed by atoms with Gasteiger partial charge in [-0.2, -0.15) is 0 Å². The van der Waals surface area contributed by atoms with Gasteiger partial charge in [0.2, 0.25) is 5.91 Å². The first-order chi connectivity index (χ1) is 12.1. The maximum atomic E-state index is 12.2. The van der Waals surface area contributed by atoms with Crippen LogP contribution >= 0.6 is 11.8 Å². The summed E-state index contributed by atoms with van der Waals surface area (Å²) in [4.78, 5) is 12.2. The minimum absolute atomic E-state index is 0.0197. The third kappa shape index (κ3) is 4.28. The smallest absolute Gasteiger partial charge is 0.230 e. The fourth-order valence-corrected chi connectivity index (χ4v) is 3.24. The number of aromatic nitrogens is 3. The van der Waals surface area contributed by atoms with Crippen LogP contribution in [0, 0.1) is 0 Å². The second-order valence-electron chi connectivity index (χ2n) is 5.72. The maximum Gasteiger partial charge on any atom is 0.230 e. The van der Waals surface area contributed by atoms with Crippen molar-refractivity contribution in [3.05, 3.63) is 66.2 Å². The normalized spacial score (nSPS) is 11.9. The van der Waals surface area contributed by atoms with Crippen molar-refractivity contribution in [1.82, 2.24) is 20.1 Å². The van der Waals surface area contributed by atoms with Crippen molar-refractivity contribution in [1.29, 1.82) is 0 Å². The second kappa shape index (κ2) is 7.98. The molecule has 0 spiro atoms. The number of amides is 1. The van der Waals surface area contributed by atoms with E-state index < -0.39 is 0 Å². The molecule has 1 N–H and O–H groups in total. The van der Waals surface area contributed by atoms with Gasteiger partial charge in [-0.25, -0.2) is 0 Å². The predicted molar refractivity (Wildman–Crippen MR) is 100 cm³/mol. The number of nitrogens with one attached hydrogen (secondary N) is 1. The highest BCUT2D eigenvalue weighted by molar-refractivity contribution is 7.99. The van der Waals surface area contributed by atoms with Crippen molar-refractivity contribution in [3.63, 3.8) is 0 Å². The van der Waals surface area contributed by atoms with E-state index in [0.29, 0.717) is 5.75 Å². The molecule has 25 heavy (non-hydrogen) atoms. The summed E-state index contributed by atoms with van der Waals surface area (Å²) in [6.45, 7) is 1.98. The molecule has 1 amide bonds. The molecular weight excluding hydrogens is 332 g/mol. The summed E-state index contributed by atoms with van der Waals surface area (Å²) in [6, 6.07) is 19.8. The van der Waals surface area contributed by atoms with Crippen LogP contribution in [0.15, 0.2) is 65.8 Å². The van der Waals surface area contributed by atoms with Gasteiger partial charge in [0.15, 0.2) is 11.0 Å². The van der Waals surface area contributed by atoms with Crippen molar-refractivity contribution in [3.8, 4) is 11.4 Å². The van der Waals surface area contributed by atoms with Gasteiger partial charge in [0, 0.05) is 12.6 Å². The number of nitrogens with zero attached hydrogens (tertiary/aromatic N) is 3. The van der Waals surface area contributed by atoms with Crippen LogP contribution in [0.1, 0.15) is 18.5 Å². The van der Waals surface area contributed by atoms with E-state index in [0.717, 1.165) is 22.1 Å². The molecule has 0 unspecified atom stereocenters. The Labute approximate surface area is 151 Å². The zero-order chi connectivity index (χ0) is 17.6. The van der Waals surface area contributed by atoms with Crippen LogP contribution in [0.25, 0.3) is 11.4 Å². The second-order valence-corrected chi connectivity index (χ2v) is 6.66. The molecule has 3 aromatic rings. The van der Waals surface area contributed by atoms with Crippen LogP contribution in [0.3, 0.4) is 0 Å². The summed E-state index contributed by atoms with van der Waals surface area (Å²) in [5.41, 5.74) is 2.09. The minimum atomic E-state index is -0.0226. The van der Waals surface area contributed by atoms with Gasteiger partial charge in [0.1, 0.15) is 0 Å². The molecular formula is C19H20N4OS. The Morgan fingerprint density at radius 1 is 1.08 bits per heavy atom. The number of carbonyl (C=O) groups excluding carboxylic acids is 1. The lowest BCUT2D eigenvalue weighted by molar-refractivity contribution is -0.119. The Bertz CT molecular complexity index is 833. The highest BCUT2D eigenvalue weighted by Crippen LogP contribution is 2.22. The number of carbonyl (C=O) groups is 1. The van der Waals surface area contributed by atoms with Gasteiger partial charge >= 0.3 is 0 Å². The van der Waals surface area contributed by atoms with Gasteiger partial charge in [0.05, 0.1) is 11.8 Å². The van der Waals surface area contributed by atoms with Crippen LogP contribution in [0.5, 0.6) is 0 Å². The zero-order valence-electron chi connectivity index (χ0n) is 14.2. The Kier molecular flexibility index (Phi) is 5.50. The molecule has 1 heterocycles. The molecule has 0 radical (unpaired) electrons. The van der Waals surface area contributed by atoms with E-state index in [-0.39, 0.29) is 11.9 Å². The molecule has 0 aliphatic carbocycles. The van der Waals surface area contributed by atoms with E-state index in [4.69, 9.17) is 0 Å². The van der Waals surface area contributed by atoms with Crippen molar-refractivity contribution < 1.29 is 4.79 Å². The van der Waals surface area contributed by atoms with Crippen LogP contribution in [-0.4, -0.2) is 26.4 Å². The first kappa shape index (κ1) is 17.2. The van der Waals surface area contributed by atoms with Gasteiger partial charge in [-0.3, -0.25) is 4.79 Å². The molecule has 1 aromatic heterocycles. The first-order valence-corrected chi connectivity index (χ1v) is 9.05. The first-order valence-electron chi connectivity index (χ1n) is 8.07. The Hall–Kier alpha value is -2.60. The Morgan fingerprint density at radius 3 is 2.40 bits per heavy atom. The van der Waals surface area contributed by atoms with E-state index in [1.165, 1.54) is 11.8 Å². The average Bonchev–Trinajstić information content (AvgIpc) is 3.02. The third-order valence-electron chi connectivity index (χ3n) is 3.88. The third-order valence-corrected chi connectivity index (χ3v) is 4.90. The molecule has 3 rings (SSSR count). The van der Waals surface area contributed by atoms with Gasteiger partial charge < -0.3 is 9.88 Å². The average molecular weight is 352 g/mol. The highest BCUT2D eigenvalue weighted by atomic mass is 32.2. The predicted octanol–water partition coefficient (Wildman–Crippen LogP) is 3.45. The van der Waals surface area contributed by atoms with Crippen molar-refractivity contribution in [2.75, 3.05) is 5.75 Å². The fraction of sp³-hybridized carbons (Fsp3) is 0.211. The molecule has 6 heteroatoms. The number of hydrogen-bond donors (Lipinski definition) is 1.